The molecule has 0 saturated carbocycles. The Kier molecular flexibility index (Phi) is 9.85. The van der Waals surface area contributed by atoms with Crippen molar-refractivity contribution >= 4 is 21.1 Å². The summed E-state index contributed by atoms with van der Waals surface area (Å²) in [5.41, 5.74) is 0. The van der Waals surface area contributed by atoms with E-state index in [0.29, 0.717) is 0 Å². The van der Waals surface area contributed by atoms with Crippen molar-refractivity contribution < 1.29 is 9.47 Å². The zero-order valence-electron chi connectivity index (χ0n) is 8.01. The van der Waals surface area contributed by atoms with E-state index in [4.69, 9.17) is 21.1 Å². The Balaban J connectivity index is 3.06. The van der Waals surface area contributed by atoms with E-state index in [0.717, 1.165) is 12.3 Å². The molecule has 0 bridgehead atoms. The third kappa shape index (κ3) is 7.10. The van der Waals surface area contributed by atoms with Crippen LogP contribution in [0.1, 0.15) is 19.3 Å². The molecular formula is C8H19ClO2Si. The molecule has 0 aromatic carbocycles. The van der Waals surface area contributed by atoms with Crippen LogP contribution in [0.2, 0.25) is 6.04 Å². The fraction of sp³-hybridized carbons (Fsp3) is 1.00. The summed E-state index contributed by atoms with van der Waals surface area (Å²) >= 11 is 5.56. The number of unbranched alkanes of at least 4 members (excludes halogenated alkanes) is 2. The molecule has 0 aliphatic rings. The lowest BCUT2D eigenvalue weighted by molar-refractivity contribution is -0.0441. The van der Waals surface area contributed by atoms with Crippen LogP contribution in [0.4, 0.5) is 0 Å². The monoisotopic (exact) mass is 210 g/mol. The van der Waals surface area contributed by atoms with Crippen molar-refractivity contribution in [3.05, 3.63) is 0 Å². The van der Waals surface area contributed by atoms with Crippen LogP contribution < -0.4 is 0 Å². The highest BCUT2D eigenvalue weighted by Crippen LogP contribution is 2.03. The molecule has 2 nitrogen and oxygen atoms in total. The number of rotatable bonds is 8. The molecule has 12 heavy (non-hydrogen) atoms. The number of methoxy groups -OCH3 is 2. The van der Waals surface area contributed by atoms with Gasteiger partial charge in [0.2, 0.25) is 0 Å². The average Bonchev–Trinajstić information content (AvgIpc) is 2.11. The van der Waals surface area contributed by atoms with Gasteiger partial charge in [-0.2, -0.15) is 0 Å². The fourth-order valence-electron chi connectivity index (χ4n) is 1.09. The van der Waals surface area contributed by atoms with Crippen molar-refractivity contribution in [2.75, 3.05) is 20.1 Å². The van der Waals surface area contributed by atoms with E-state index in [9.17, 15) is 0 Å². The first kappa shape index (κ1) is 12.4. The van der Waals surface area contributed by atoms with Crippen molar-refractivity contribution in [1.82, 2.24) is 0 Å². The van der Waals surface area contributed by atoms with Crippen molar-refractivity contribution in [1.29, 1.82) is 0 Å². The van der Waals surface area contributed by atoms with Crippen LogP contribution in [0, 0.1) is 0 Å². The fourth-order valence-corrected chi connectivity index (χ4v) is 2.73. The van der Waals surface area contributed by atoms with E-state index in [1.807, 2.05) is 0 Å². The summed E-state index contributed by atoms with van der Waals surface area (Å²) in [6.45, 7) is 0. The number of hydrogen-bond acceptors (Lipinski definition) is 2. The number of ether oxygens (including phenoxy) is 2. The zero-order valence-corrected chi connectivity index (χ0v) is 10.2. The molecule has 0 heterocycles. The van der Waals surface area contributed by atoms with Crippen LogP contribution >= 0.6 is 11.6 Å². The standard InChI is InChI=1S/C8H19ClO2Si/c1-10-8(11-2)12-7-5-3-4-6-9/h8H,3-7,12H2,1-2H3. The second kappa shape index (κ2) is 9.51. The third-order valence-corrected chi connectivity index (χ3v) is 4.16. The third-order valence-electron chi connectivity index (χ3n) is 1.85. The van der Waals surface area contributed by atoms with Gasteiger partial charge in [0.25, 0.3) is 0 Å². The van der Waals surface area contributed by atoms with Gasteiger partial charge in [-0.05, 0) is 6.42 Å². The molecule has 4 heteroatoms. The van der Waals surface area contributed by atoms with Crippen LogP contribution in [-0.4, -0.2) is 35.5 Å². The quantitative estimate of drug-likeness (QED) is 0.262. The highest BCUT2D eigenvalue weighted by Gasteiger charge is 2.03. The molecule has 0 radical (unpaired) electrons. The minimum absolute atomic E-state index is 0.112. The molecule has 0 aromatic rings. The molecule has 0 spiro atoms. The maximum absolute atomic E-state index is 5.56. The smallest absolute Gasteiger partial charge is 0.134 e. The first-order valence-corrected chi connectivity index (χ1v) is 6.81. The molecule has 0 amide bonds. The van der Waals surface area contributed by atoms with E-state index < -0.39 is 0 Å². The summed E-state index contributed by atoms with van der Waals surface area (Å²) in [6.07, 6.45) is 3.67. The van der Waals surface area contributed by atoms with E-state index in [-0.39, 0.29) is 15.4 Å². The average molecular weight is 211 g/mol. The van der Waals surface area contributed by atoms with Gasteiger partial charge in [0, 0.05) is 20.1 Å². The van der Waals surface area contributed by atoms with Crippen molar-refractivity contribution in [2.45, 2.75) is 31.2 Å². The molecule has 0 saturated heterocycles. The van der Waals surface area contributed by atoms with Crippen molar-refractivity contribution in [3.8, 4) is 0 Å². The predicted octanol–water partition coefficient (Wildman–Crippen LogP) is 1.56. The minimum Gasteiger partial charge on any atom is -0.360 e. The summed E-state index contributed by atoms with van der Waals surface area (Å²) in [4.78, 5) is 0. The van der Waals surface area contributed by atoms with Crippen LogP contribution in [0.5, 0.6) is 0 Å². The Hall–Kier alpha value is 0.427. The number of hydrogen-bond donors (Lipinski definition) is 0. The van der Waals surface area contributed by atoms with Gasteiger partial charge in [0.05, 0.1) is 9.52 Å². The minimum atomic E-state index is -0.190. The largest absolute Gasteiger partial charge is 0.360 e. The van der Waals surface area contributed by atoms with Crippen LogP contribution in [0.15, 0.2) is 0 Å². The van der Waals surface area contributed by atoms with Crippen molar-refractivity contribution in [3.63, 3.8) is 0 Å². The number of halogens is 1. The van der Waals surface area contributed by atoms with Gasteiger partial charge in [-0.1, -0.05) is 18.9 Å². The molecule has 0 rings (SSSR count). The zero-order chi connectivity index (χ0) is 9.23. The highest BCUT2D eigenvalue weighted by molar-refractivity contribution is 6.36. The van der Waals surface area contributed by atoms with Crippen LogP contribution in [0.25, 0.3) is 0 Å². The molecule has 0 atom stereocenters. The first-order chi connectivity index (χ1) is 5.85. The maximum atomic E-state index is 5.56. The van der Waals surface area contributed by atoms with E-state index in [1.165, 1.54) is 18.9 Å². The van der Waals surface area contributed by atoms with Crippen molar-refractivity contribution in [2.24, 2.45) is 0 Å². The Morgan fingerprint density at radius 2 is 1.83 bits per heavy atom. The second-order valence-electron chi connectivity index (χ2n) is 2.79. The summed E-state index contributed by atoms with van der Waals surface area (Å²) in [5, 5.41) is 0. The summed E-state index contributed by atoms with van der Waals surface area (Å²) < 4.78 is 10.2. The Labute approximate surface area is 82.4 Å². The molecular weight excluding hydrogens is 192 g/mol. The Morgan fingerprint density at radius 1 is 1.17 bits per heavy atom. The first-order valence-electron chi connectivity index (χ1n) is 4.46. The normalized spacial score (nSPS) is 12.0. The maximum Gasteiger partial charge on any atom is 0.134 e. The van der Waals surface area contributed by atoms with Crippen LogP contribution in [-0.2, 0) is 9.47 Å². The second-order valence-corrected chi connectivity index (χ2v) is 5.12. The topological polar surface area (TPSA) is 18.5 Å². The Morgan fingerprint density at radius 3 is 2.33 bits per heavy atom. The molecule has 0 aliphatic carbocycles. The SMILES string of the molecule is COC(OC)[SiH2]CCCCCCl. The van der Waals surface area contributed by atoms with E-state index >= 15 is 0 Å². The molecule has 0 N–H and O–H groups in total. The summed E-state index contributed by atoms with van der Waals surface area (Å²) in [7, 11) is 3.23. The van der Waals surface area contributed by atoms with Gasteiger partial charge < -0.3 is 9.47 Å². The summed E-state index contributed by atoms with van der Waals surface area (Å²) in [6, 6.07) is 1.29. The lowest BCUT2D eigenvalue weighted by Crippen LogP contribution is -2.20. The molecule has 0 unspecified atom stereocenters. The van der Waals surface area contributed by atoms with Gasteiger partial charge >= 0.3 is 0 Å². The molecule has 0 fully saturated rings. The van der Waals surface area contributed by atoms with E-state index in [2.05, 4.69) is 0 Å². The van der Waals surface area contributed by atoms with Gasteiger partial charge in [-0.15, -0.1) is 11.6 Å². The molecule has 74 valence electrons. The lowest BCUT2D eigenvalue weighted by Gasteiger charge is -2.11. The number of alkyl halides is 1. The van der Waals surface area contributed by atoms with Gasteiger partial charge in [-0.25, -0.2) is 0 Å². The van der Waals surface area contributed by atoms with Gasteiger partial charge in [-0.3, -0.25) is 0 Å². The summed E-state index contributed by atoms with van der Waals surface area (Å²) in [5.74, 6) is 0.903. The highest BCUT2D eigenvalue weighted by atomic mass is 35.5. The van der Waals surface area contributed by atoms with Crippen LogP contribution in [0.3, 0.4) is 0 Å². The lowest BCUT2D eigenvalue weighted by atomic mass is 10.3. The molecule has 0 aromatic heterocycles. The Bertz CT molecular complexity index is 89.1. The predicted molar refractivity (Wildman–Crippen MR) is 55.7 cm³/mol. The van der Waals surface area contributed by atoms with Gasteiger partial charge in [0.15, 0.2) is 0 Å². The van der Waals surface area contributed by atoms with E-state index in [1.54, 1.807) is 14.2 Å². The molecule has 0 aliphatic heterocycles. The van der Waals surface area contributed by atoms with Gasteiger partial charge in [0.1, 0.15) is 5.91 Å².